The number of rotatable bonds is 4. The lowest BCUT2D eigenvalue weighted by molar-refractivity contribution is 0.491. The Morgan fingerprint density at radius 2 is 2.23 bits per heavy atom. The van der Waals surface area contributed by atoms with Gasteiger partial charge in [0.25, 0.3) is 0 Å². The highest BCUT2D eigenvalue weighted by Gasteiger charge is 2.10. The lowest BCUT2D eigenvalue weighted by Crippen LogP contribution is -2.25. The van der Waals surface area contributed by atoms with Crippen molar-refractivity contribution in [2.45, 2.75) is 26.8 Å². The normalized spacial score (nSPS) is 13.2. The van der Waals surface area contributed by atoms with Crippen molar-refractivity contribution in [1.82, 2.24) is 5.32 Å². The van der Waals surface area contributed by atoms with Crippen LogP contribution in [0, 0.1) is 13.8 Å². The first-order valence-electron chi connectivity index (χ1n) is 4.65. The van der Waals surface area contributed by atoms with E-state index in [-0.39, 0.29) is 0 Å². The summed E-state index contributed by atoms with van der Waals surface area (Å²) in [7, 11) is 0. The topological polar surface area (TPSA) is 51.2 Å². The maximum absolute atomic E-state index is 5.44. The fourth-order valence-corrected chi connectivity index (χ4v) is 1.49. The van der Waals surface area contributed by atoms with Gasteiger partial charge in [0.15, 0.2) is 0 Å². The molecule has 3 N–H and O–H groups in total. The van der Waals surface area contributed by atoms with Gasteiger partial charge in [-0.05, 0) is 26.8 Å². The van der Waals surface area contributed by atoms with Crippen LogP contribution in [-0.2, 0) is 0 Å². The molecule has 3 nitrogen and oxygen atoms in total. The van der Waals surface area contributed by atoms with Gasteiger partial charge in [0.2, 0.25) is 0 Å². The number of nitrogens with one attached hydrogen (secondary N) is 1. The highest BCUT2D eigenvalue weighted by molar-refractivity contribution is 5.23. The van der Waals surface area contributed by atoms with Gasteiger partial charge in [-0.1, -0.05) is 0 Å². The fraction of sp³-hybridized carbons (Fsp3) is 0.600. The zero-order valence-corrected chi connectivity index (χ0v) is 8.55. The van der Waals surface area contributed by atoms with Crippen molar-refractivity contribution < 1.29 is 4.42 Å². The van der Waals surface area contributed by atoms with Crippen LogP contribution in [0.25, 0.3) is 0 Å². The third kappa shape index (κ3) is 2.57. The standard InChI is InChI=1S/C10H18N2O/c1-7-6-10(9(3)13-7)8(2)12-5-4-11/h6,8,12H,4-5,11H2,1-3H3. The van der Waals surface area contributed by atoms with Crippen LogP contribution in [0.1, 0.15) is 30.0 Å². The van der Waals surface area contributed by atoms with Crippen LogP contribution in [0.2, 0.25) is 0 Å². The van der Waals surface area contributed by atoms with Crippen LogP contribution < -0.4 is 11.1 Å². The Morgan fingerprint density at radius 3 is 2.69 bits per heavy atom. The smallest absolute Gasteiger partial charge is 0.105 e. The Hall–Kier alpha value is -0.800. The average Bonchev–Trinajstić information content (AvgIpc) is 2.41. The Labute approximate surface area is 79.3 Å². The van der Waals surface area contributed by atoms with Crippen molar-refractivity contribution in [2.75, 3.05) is 13.1 Å². The maximum Gasteiger partial charge on any atom is 0.105 e. The molecule has 1 aromatic heterocycles. The first kappa shape index (κ1) is 10.3. The van der Waals surface area contributed by atoms with Gasteiger partial charge in [0.05, 0.1) is 0 Å². The summed E-state index contributed by atoms with van der Waals surface area (Å²) in [6.07, 6.45) is 0. The Bertz CT molecular complexity index is 268. The minimum absolute atomic E-state index is 0.320. The van der Waals surface area contributed by atoms with E-state index in [4.69, 9.17) is 10.2 Å². The van der Waals surface area contributed by atoms with Gasteiger partial charge < -0.3 is 15.5 Å². The molecule has 1 aromatic rings. The number of aryl methyl sites for hydroxylation is 2. The highest BCUT2D eigenvalue weighted by Crippen LogP contribution is 2.20. The van der Waals surface area contributed by atoms with E-state index >= 15 is 0 Å². The summed E-state index contributed by atoms with van der Waals surface area (Å²) in [5, 5.41) is 3.32. The van der Waals surface area contributed by atoms with Crippen molar-refractivity contribution in [3.05, 3.63) is 23.2 Å². The molecule has 0 aliphatic heterocycles. The molecule has 0 bridgehead atoms. The van der Waals surface area contributed by atoms with Gasteiger partial charge in [-0.2, -0.15) is 0 Å². The molecule has 0 spiro atoms. The second-order valence-corrected chi connectivity index (χ2v) is 3.33. The molecule has 74 valence electrons. The van der Waals surface area contributed by atoms with Crippen LogP contribution >= 0.6 is 0 Å². The van der Waals surface area contributed by atoms with E-state index in [9.17, 15) is 0 Å². The van der Waals surface area contributed by atoms with Gasteiger partial charge in [-0.25, -0.2) is 0 Å². The number of hydrogen-bond donors (Lipinski definition) is 2. The van der Waals surface area contributed by atoms with E-state index in [0.717, 1.165) is 18.1 Å². The number of nitrogens with two attached hydrogens (primary N) is 1. The molecular weight excluding hydrogens is 164 g/mol. The van der Waals surface area contributed by atoms with Gasteiger partial charge in [-0.15, -0.1) is 0 Å². The first-order chi connectivity index (χ1) is 6.15. The predicted octanol–water partition coefficient (Wildman–Crippen LogP) is 1.51. The van der Waals surface area contributed by atoms with E-state index in [1.165, 1.54) is 5.56 Å². The average molecular weight is 182 g/mol. The number of furan rings is 1. The molecular formula is C10H18N2O. The minimum Gasteiger partial charge on any atom is -0.466 e. The minimum atomic E-state index is 0.320. The van der Waals surface area contributed by atoms with Crippen LogP contribution in [0.3, 0.4) is 0 Å². The summed E-state index contributed by atoms with van der Waals surface area (Å²) in [6, 6.07) is 2.39. The van der Waals surface area contributed by atoms with Gasteiger partial charge >= 0.3 is 0 Å². The highest BCUT2D eigenvalue weighted by atomic mass is 16.3. The van der Waals surface area contributed by atoms with Crippen molar-refractivity contribution in [3.63, 3.8) is 0 Å². The summed E-state index contributed by atoms with van der Waals surface area (Å²) in [6.45, 7) is 7.58. The molecule has 0 fully saturated rings. The Balaban J connectivity index is 2.64. The Kier molecular flexibility index (Phi) is 3.51. The summed E-state index contributed by atoms with van der Waals surface area (Å²) in [5.74, 6) is 1.96. The SMILES string of the molecule is Cc1cc(C(C)NCCN)c(C)o1. The molecule has 0 saturated carbocycles. The molecule has 0 aliphatic carbocycles. The number of hydrogen-bond acceptors (Lipinski definition) is 3. The molecule has 3 heteroatoms. The quantitative estimate of drug-likeness (QED) is 0.742. The molecule has 13 heavy (non-hydrogen) atoms. The summed E-state index contributed by atoms with van der Waals surface area (Å²) >= 11 is 0. The van der Waals surface area contributed by atoms with Crippen LogP contribution in [0.5, 0.6) is 0 Å². The second-order valence-electron chi connectivity index (χ2n) is 3.33. The largest absolute Gasteiger partial charge is 0.466 e. The molecule has 1 rings (SSSR count). The molecule has 1 heterocycles. The van der Waals surface area contributed by atoms with E-state index < -0.39 is 0 Å². The van der Waals surface area contributed by atoms with Gasteiger partial charge in [0, 0.05) is 24.7 Å². The fourth-order valence-electron chi connectivity index (χ4n) is 1.49. The maximum atomic E-state index is 5.44. The van der Waals surface area contributed by atoms with E-state index in [0.29, 0.717) is 12.6 Å². The molecule has 0 amide bonds. The molecule has 1 atom stereocenters. The van der Waals surface area contributed by atoms with Gasteiger partial charge in [0.1, 0.15) is 11.5 Å². The predicted molar refractivity (Wildman–Crippen MR) is 53.7 cm³/mol. The molecule has 0 radical (unpaired) electrons. The van der Waals surface area contributed by atoms with Crippen molar-refractivity contribution in [3.8, 4) is 0 Å². The lowest BCUT2D eigenvalue weighted by atomic mass is 10.1. The third-order valence-corrected chi connectivity index (χ3v) is 2.14. The van der Waals surface area contributed by atoms with E-state index in [1.807, 2.05) is 13.8 Å². The molecule has 1 unspecified atom stereocenters. The summed E-state index contributed by atoms with van der Waals surface area (Å²) in [4.78, 5) is 0. The lowest BCUT2D eigenvalue weighted by Gasteiger charge is -2.11. The van der Waals surface area contributed by atoms with Crippen LogP contribution in [0.15, 0.2) is 10.5 Å². The van der Waals surface area contributed by atoms with E-state index in [2.05, 4.69) is 18.3 Å². The zero-order valence-electron chi connectivity index (χ0n) is 8.55. The summed E-state index contributed by atoms with van der Waals surface area (Å²) in [5.41, 5.74) is 6.64. The molecule has 0 aromatic carbocycles. The zero-order chi connectivity index (χ0) is 9.84. The first-order valence-corrected chi connectivity index (χ1v) is 4.65. The van der Waals surface area contributed by atoms with Crippen molar-refractivity contribution >= 4 is 0 Å². The van der Waals surface area contributed by atoms with E-state index in [1.54, 1.807) is 0 Å². The van der Waals surface area contributed by atoms with Crippen LogP contribution in [0.4, 0.5) is 0 Å². The van der Waals surface area contributed by atoms with Crippen LogP contribution in [-0.4, -0.2) is 13.1 Å². The van der Waals surface area contributed by atoms with Crippen molar-refractivity contribution in [1.29, 1.82) is 0 Å². The molecule has 0 aliphatic rings. The summed E-state index contributed by atoms with van der Waals surface area (Å²) < 4.78 is 5.44. The van der Waals surface area contributed by atoms with Gasteiger partial charge in [-0.3, -0.25) is 0 Å². The third-order valence-electron chi connectivity index (χ3n) is 2.14. The Morgan fingerprint density at radius 1 is 1.54 bits per heavy atom. The molecule has 0 saturated heterocycles. The second kappa shape index (κ2) is 4.44. The van der Waals surface area contributed by atoms with Crippen molar-refractivity contribution in [2.24, 2.45) is 5.73 Å². The monoisotopic (exact) mass is 182 g/mol.